The number of phenols is 1. The lowest BCUT2D eigenvalue weighted by atomic mass is 10.0. The summed E-state index contributed by atoms with van der Waals surface area (Å²) < 4.78 is 14.1. The van der Waals surface area contributed by atoms with Crippen molar-refractivity contribution >= 4 is 28.2 Å². The fraction of sp³-hybridized carbons (Fsp3) is 0.400. The fourth-order valence-electron chi connectivity index (χ4n) is 4.92. The van der Waals surface area contributed by atoms with Crippen LogP contribution in [0.2, 0.25) is 5.02 Å². The highest BCUT2D eigenvalue weighted by atomic mass is 35.5. The van der Waals surface area contributed by atoms with Gasteiger partial charge in [0, 0.05) is 49.9 Å². The van der Waals surface area contributed by atoms with Crippen LogP contribution >= 0.6 is 11.6 Å². The molecular weight excluding hydrogens is 427 g/mol. The topological polar surface area (TPSA) is 42.8 Å². The maximum Gasteiger partial charge on any atom is 0.170 e. The van der Waals surface area contributed by atoms with Gasteiger partial charge in [0.1, 0.15) is 0 Å². The molecular formula is C25H27ClFN4O. The van der Waals surface area contributed by atoms with E-state index in [-0.39, 0.29) is 5.02 Å². The second-order valence-corrected chi connectivity index (χ2v) is 9.24. The van der Waals surface area contributed by atoms with Crippen LogP contribution in [0.25, 0.3) is 22.0 Å². The maximum absolute atomic E-state index is 14.1. The molecule has 0 aliphatic carbocycles. The van der Waals surface area contributed by atoms with Gasteiger partial charge >= 0.3 is 0 Å². The van der Waals surface area contributed by atoms with Gasteiger partial charge < -0.3 is 14.9 Å². The molecule has 7 heteroatoms. The molecule has 3 aromatic rings. The maximum atomic E-state index is 14.1. The molecule has 2 fully saturated rings. The van der Waals surface area contributed by atoms with E-state index in [1.165, 1.54) is 32.0 Å². The summed E-state index contributed by atoms with van der Waals surface area (Å²) in [6, 6.07) is 12.8. The zero-order valence-corrected chi connectivity index (χ0v) is 18.9. The van der Waals surface area contributed by atoms with Crippen molar-refractivity contribution in [1.82, 2.24) is 14.8 Å². The van der Waals surface area contributed by atoms with Gasteiger partial charge in [0.05, 0.1) is 16.2 Å². The molecule has 5 nitrogen and oxygen atoms in total. The molecule has 3 heterocycles. The molecule has 2 aliphatic rings. The predicted octanol–water partition coefficient (Wildman–Crippen LogP) is 4.42. The van der Waals surface area contributed by atoms with Crippen molar-refractivity contribution in [3.63, 3.8) is 0 Å². The van der Waals surface area contributed by atoms with Gasteiger partial charge in [0.2, 0.25) is 0 Å². The first-order chi connectivity index (χ1) is 15.5. The van der Waals surface area contributed by atoms with Gasteiger partial charge in [-0.15, -0.1) is 0 Å². The normalized spacial score (nSPS) is 19.0. The lowest BCUT2D eigenvalue weighted by molar-refractivity contribution is 0.115. The van der Waals surface area contributed by atoms with E-state index in [2.05, 4.69) is 32.8 Å². The van der Waals surface area contributed by atoms with Crippen molar-refractivity contribution in [3.05, 3.63) is 53.4 Å². The highest BCUT2D eigenvalue weighted by molar-refractivity contribution is 6.32. The fourth-order valence-corrected chi connectivity index (χ4v) is 5.13. The summed E-state index contributed by atoms with van der Waals surface area (Å²) in [6.45, 7) is 6.35. The summed E-state index contributed by atoms with van der Waals surface area (Å²) >= 11 is 6.00. The minimum absolute atomic E-state index is 0.00287. The van der Waals surface area contributed by atoms with Crippen LogP contribution in [0.4, 0.5) is 10.1 Å². The number of likely N-dealkylation sites (tertiary alicyclic amines) is 1. The molecule has 0 saturated carbocycles. The molecule has 1 N–H and O–H groups in total. The molecule has 1 aromatic heterocycles. The molecule has 0 amide bonds. The predicted molar refractivity (Wildman–Crippen MR) is 127 cm³/mol. The van der Waals surface area contributed by atoms with Gasteiger partial charge in [-0.2, -0.15) is 0 Å². The first-order valence-corrected chi connectivity index (χ1v) is 11.5. The zero-order valence-electron chi connectivity index (χ0n) is 18.2. The summed E-state index contributed by atoms with van der Waals surface area (Å²) in [5, 5.41) is 10.6. The monoisotopic (exact) mass is 453 g/mol. The number of piperidine rings is 1. The first kappa shape index (κ1) is 21.4. The largest absolute Gasteiger partial charge is 0.504 e. The number of rotatable bonds is 3. The van der Waals surface area contributed by atoms with Crippen molar-refractivity contribution in [2.24, 2.45) is 0 Å². The Kier molecular flexibility index (Phi) is 5.93. The van der Waals surface area contributed by atoms with E-state index in [9.17, 15) is 9.50 Å². The number of phenolic OH excluding ortho intramolecular Hbond substituents is 1. The third kappa shape index (κ3) is 4.15. The number of anilines is 1. The van der Waals surface area contributed by atoms with E-state index in [0.717, 1.165) is 48.3 Å². The summed E-state index contributed by atoms with van der Waals surface area (Å²) in [6.07, 6.45) is 4.23. The van der Waals surface area contributed by atoms with Gasteiger partial charge in [-0.1, -0.05) is 17.7 Å². The Balaban J connectivity index is 1.40. The number of aromatic nitrogens is 1. The van der Waals surface area contributed by atoms with E-state index in [0.29, 0.717) is 11.6 Å². The van der Waals surface area contributed by atoms with Crippen molar-refractivity contribution in [1.29, 1.82) is 0 Å². The van der Waals surface area contributed by atoms with Gasteiger partial charge in [-0.3, -0.25) is 9.88 Å². The molecule has 1 radical (unpaired) electrons. The van der Waals surface area contributed by atoms with Crippen LogP contribution in [0, 0.1) is 11.9 Å². The third-order valence-electron chi connectivity index (χ3n) is 6.84. The lowest BCUT2D eigenvalue weighted by Gasteiger charge is -2.43. The number of fused-ring (bicyclic) bond motifs is 1. The molecule has 5 rings (SSSR count). The lowest BCUT2D eigenvalue weighted by Crippen LogP contribution is -2.53. The van der Waals surface area contributed by atoms with Crippen LogP contribution in [0.3, 0.4) is 0 Å². The molecule has 2 saturated heterocycles. The Morgan fingerprint density at radius 1 is 1.03 bits per heavy atom. The quantitative estimate of drug-likeness (QED) is 0.636. The number of hydrogen-bond donors (Lipinski definition) is 1. The van der Waals surface area contributed by atoms with E-state index in [1.807, 2.05) is 18.2 Å². The van der Waals surface area contributed by atoms with Crippen LogP contribution in [0.15, 0.2) is 36.5 Å². The SMILES string of the molecule is CN1CCC(N2CCN(c3[c]cnc4ccc(-c5cc(F)c(O)c(Cl)c5)cc34)CC2)CC1. The van der Waals surface area contributed by atoms with Gasteiger partial charge in [0.15, 0.2) is 11.6 Å². The second kappa shape index (κ2) is 8.85. The van der Waals surface area contributed by atoms with E-state index < -0.39 is 11.6 Å². The molecule has 0 spiro atoms. The summed E-state index contributed by atoms with van der Waals surface area (Å²) in [5.41, 5.74) is 3.36. The Morgan fingerprint density at radius 3 is 2.50 bits per heavy atom. The van der Waals surface area contributed by atoms with Crippen molar-refractivity contribution in [2.45, 2.75) is 18.9 Å². The van der Waals surface area contributed by atoms with Crippen molar-refractivity contribution < 1.29 is 9.50 Å². The Labute approximate surface area is 193 Å². The number of pyridine rings is 1. The molecule has 2 aliphatic heterocycles. The first-order valence-electron chi connectivity index (χ1n) is 11.2. The zero-order chi connectivity index (χ0) is 22.2. The third-order valence-corrected chi connectivity index (χ3v) is 7.13. The average Bonchev–Trinajstić information content (AvgIpc) is 2.82. The van der Waals surface area contributed by atoms with Crippen molar-refractivity contribution in [3.8, 4) is 16.9 Å². The highest BCUT2D eigenvalue weighted by Gasteiger charge is 2.27. The second-order valence-electron chi connectivity index (χ2n) is 8.83. The van der Waals surface area contributed by atoms with E-state index in [4.69, 9.17) is 11.6 Å². The number of halogens is 2. The summed E-state index contributed by atoms with van der Waals surface area (Å²) in [5.74, 6) is -1.25. The minimum Gasteiger partial charge on any atom is -0.504 e. The van der Waals surface area contributed by atoms with Crippen LogP contribution in [0.5, 0.6) is 5.75 Å². The van der Waals surface area contributed by atoms with Crippen LogP contribution < -0.4 is 4.90 Å². The minimum atomic E-state index is -0.726. The Hall–Kier alpha value is -2.41. The van der Waals surface area contributed by atoms with Crippen LogP contribution in [0.1, 0.15) is 12.8 Å². The van der Waals surface area contributed by atoms with E-state index >= 15 is 0 Å². The average molecular weight is 454 g/mol. The molecule has 167 valence electrons. The van der Waals surface area contributed by atoms with Crippen molar-refractivity contribution in [2.75, 3.05) is 51.2 Å². The number of benzene rings is 2. The van der Waals surface area contributed by atoms with Gasteiger partial charge in [-0.05, 0) is 68.4 Å². The standard InChI is InChI=1S/C25H27ClFN4O/c1-29-8-5-19(6-9-29)30-10-12-31(13-11-30)24-4-7-28-23-3-2-17(14-20(23)24)18-15-21(26)25(32)22(27)16-18/h2-3,7,14-16,19,32H,5-6,8-13H2,1H3. The summed E-state index contributed by atoms with van der Waals surface area (Å²) in [4.78, 5) is 11.9. The van der Waals surface area contributed by atoms with Gasteiger partial charge in [-0.25, -0.2) is 4.39 Å². The number of nitrogens with zero attached hydrogens (tertiary/aromatic N) is 4. The van der Waals surface area contributed by atoms with Crippen LogP contribution in [-0.4, -0.2) is 72.2 Å². The van der Waals surface area contributed by atoms with E-state index in [1.54, 1.807) is 12.3 Å². The molecule has 2 aromatic carbocycles. The number of aromatic hydroxyl groups is 1. The smallest absolute Gasteiger partial charge is 0.170 e. The number of hydrogen-bond acceptors (Lipinski definition) is 5. The van der Waals surface area contributed by atoms with Gasteiger partial charge in [0.25, 0.3) is 0 Å². The Bertz CT molecular complexity index is 1100. The van der Waals surface area contributed by atoms with Crippen LogP contribution in [-0.2, 0) is 0 Å². The molecule has 32 heavy (non-hydrogen) atoms. The molecule has 0 bridgehead atoms. The highest BCUT2D eigenvalue weighted by Crippen LogP contribution is 2.35. The number of piperazine rings is 1. The molecule has 0 unspecified atom stereocenters. The Morgan fingerprint density at radius 2 is 1.78 bits per heavy atom. The summed E-state index contributed by atoms with van der Waals surface area (Å²) in [7, 11) is 2.20. The molecule has 0 atom stereocenters.